The van der Waals surface area contributed by atoms with Crippen LogP contribution in [-0.4, -0.2) is 33.7 Å². The quantitative estimate of drug-likeness (QED) is 0.654. The third kappa shape index (κ3) is 2.57. The lowest BCUT2D eigenvalue weighted by Gasteiger charge is -2.10. The van der Waals surface area contributed by atoms with Gasteiger partial charge in [-0.1, -0.05) is 29.5 Å². The molecule has 2 aromatic carbocycles. The minimum atomic E-state index is -0.529. The van der Waals surface area contributed by atoms with Gasteiger partial charge in [-0.05, 0) is 36.8 Å². The van der Waals surface area contributed by atoms with Crippen LogP contribution in [0.5, 0.6) is 0 Å². The van der Waals surface area contributed by atoms with E-state index in [1.807, 2.05) is 36.7 Å². The monoisotopic (exact) mass is 365 g/mol. The molecule has 3 amide bonds. The van der Waals surface area contributed by atoms with E-state index in [0.29, 0.717) is 15.9 Å². The maximum absolute atomic E-state index is 12.4. The van der Waals surface area contributed by atoms with Crippen LogP contribution in [0.3, 0.4) is 0 Å². The van der Waals surface area contributed by atoms with E-state index in [0.717, 1.165) is 20.7 Å². The highest BCUT2D eigenvalue weighted by Gasteiger charge is 2.36. The van der Waals surface area contributed by atoms with E-state index in [-0.39, 0.29) is 6.54 Å². The maximum Gasteiger partial charge on any atom is 0.268 e. The molecule has 4 rings (SSSR count). The van der Waals surface area contributed by atoms with E-state index in [1.54, 1.807) is 24.3 Å². The van der Waals surface area contributed by atoms with Gasteiger partial charge in [-0.2, -0.15) is 4.99 Å². The molecule has 3 aromatic rings. The number of benzene rings is 2. The van der Waals surface area contributed by atoms with Gasteiger partial charge >= 0.3 is 0 Å². The number of imide groups is 1. The lowest BCUT2D eigenvalue weighted by atomic mass is 10.1. The van der Waals surface area contributed by atoms with Crippen molar-refractivity contribution in [1.82, 2.24) is 9.47 Å². The number of rotatable bonds is 2. The number of carbonyl (C=O) groups is 3. The molecular formula is C19H15N3O3S. The molecule has 0 N–H and O–H groups in total. The summed E-state index contributed by atoms with van der Waals surface area (Å²) < 4.78 is 2.86. The van der Waals surface area contributed by atoms with Gasteiger partial charge in [0.2, 0.25) is 0 Å². The third-order valence-corrected chi connectivity index (χ3v) is 5.45. The average molecular weight is 365 g/mol. The zero-order valence-corrected chi connectivity index (χ0v) is 15.0. The predicted octanol–water partition coefficient (Wildman–Crippen LogP) is 2.27. The summed E-state index contributed by atoms with van der Waals surface area (Å²) in [7, 11) is 1.84. The summed E-state index contributed by atoms with van der Waals surface area (Å²) in [5, 5.41) is 0. The Hall–Kier alpha value is -3.06. The van der Waals surface area contributed by atoms with E-state index in [9.17, 15) is 14.4 Å². The third-order valence-electron chi connectivity index (χ3n) is 4.36. The molecule has 0 radical (unpaired) electrons. The first-order valence-electron chi connectivity index (χ1n) is 8.04. The molecule has 1 aromatic heterocycles. The second-order valence-corrected chi connectivity index (χ2v) is 7.17. The topological polar surface area (TPSA) is 71.7 Å². The molecule has 7 heteroatoms. The molecule has 0 atom stereocenters. The molecule has 0 aliphatic carbocycles. The Morgan fingerprint density at radius 1 is 1.08 bits per heavy atom. The average Bonchev–Trinajstić information content (AvgIpc) is 3.04. The van der Waals surface area contributed by atoms with Crippen LogP contribution in [-0.2, 0) is 11.8 Å². The molecule has 0 bridgehead atoms. The van der Waals surface area contributed by atoms with Crippen molar-refractivity contribution < 1.29 is 14.4 Å². The molecule has 6 nitrogen and oxygen atoms in total. The van der Waals surface area contributed by atoms with E-state index in [4.69, 9.17) is 0 Å². The SMILES string of the molecule is Cc1ccc2c(c1)sc(=NC(=O)CN1C(=O)c3ccccc3C1=O)n2C. The van der Waals surface area contributed by atoms with Crippen molar-refractivity contribution in [2.75, 3.05) is 6.54 Å². The Labute approximate surface area is 153 Å². The van der Waals surface area contributed by atoms with Crippen LogP contribution in [0.1, 0.15) is 26.3 Å². The van der Waals surface area contributed by atoms with Crippen LogP contribution >= 0.6 is 11.3 Å². The van der Waals surface area contributed by atoms with Crippen molar-refractivity contribution in [3.8, 4) is 0 Å². The molecule has 1 aliphatic heterocycles. The molecule has 0 unspecified atom stereocenters. The number of hydrogen-bond donors (Lipinski definition) is 0. The molecule has 2 heterocycles. The largest absolute Gasteiger partial charge is 0.319 e. The highest BCUT2D eigenvalue weighted by molar-refractivity contribution is 7.16. The summed E-state index contributed by atoms with van der Waals surface area (Å²) in [4.78, 5) is 42.7. The summed E-state index contributed by atoms with van der Waals surface area (Å²) in [6.45, 7) is 1.64. The standard InChI is InChI=1S/C19H15N3O3S/c1-11-7-8-14-15(9-11)26-19(21(14)2)20-16(23)10-22-17(24)12-5-3-4-6-13(12)18(22)25/h3-9H,10H2,1-2H3. The Morgan fingerprint density at radius 2 is 1.73 bits per heavy atom. The van der Waals surface area contributed by atoms with Gasteiger partial charge in [0.1, 0.15) is 6.54 Å². The fourth-order valence-electron chi connectivity index (χ4n) is 3.01. The Balaban J connectivity index is 1.64. The van der Waals surface area contributed by atoms with Gasteiger partial charge < -0.3 is 4.57 Å². The molecule has 0 saturated heterocycles. The van der Waals surface area contributed by atoms with Gasteiger partial charge in [0.05, 0.1) is 21.3 Å². The Kier molecular flexibility index (Phi) is 3.81. The van der Waals surface area contributed by atoms with Gasteiger partial charge in [-0.3, -0.25) is 19.3 Å². The Bertz CT molecular complexity index is 1120. The van der Waals surface area contributed by atoms with Crippen molar-refractivity contribution in [2.24, 2.45) is 12.0 Å². The van der Waals surface area contributed by atoms with Crippen molar-refractivity contribution in [2.45, 2.75) is 6.92 Å². The van der Waals surface area contributed by atoms with Gasteiger partial charge in [0.25, 0.3) is 17.7 Å². The van der Waals surface area contributed by atoms with Crippen molar-refractivity contribution in [1.29, 1.82) is 0 Å². The molecule has 1 aliphatic rings. The second kappa shape index (κ2) is 6.03. The van der Waals surface area contributed by atoms with E-state index >= 15 is 0 Å². The van der Waals surface area contributed by atoms with Crippen LogP contribution in [0, 0.1) is 6.92 Å². The summed E-state index contributed by atoms with van der Waals surface area (Å²) in [5.74, 6) is -1.44. The molecule has 0 fully saturated rings. The number of amides is 3. The smallest absolute Gasteiger partial charge is 0.268 e. The van der Waals surface area contributed by atoms with Crippen LogP contribution in [0.4, 0.5) is 0 Å². The second-order valence-electron chi connectivity index (χ2n) is 6.16. The normalized spacial score (nSPS) is 14.4. The van der Waals surface area contributed by atoms with Gasteiger partial charge in [-0.25, -0.2) is 0 Å². The number of hydrogen-bond acceptors (Lipinski definition) is 4. The summed E-state index contributed by atoms with van der Waals surface area (Å²) >= 11 is 1.40. The molecule has 26 heavy (non-hydrogen) atoms. The number of aryl methyl sites for hydroxylation is 2. The maximum atomic E-state index is 12.4. The summed E-state index contributed by atoms with van der Waals surface area (Å²) in [5.41, 5.74) is 2.76. The number of fused-ring (bicyclic) bond motifs is 2. The van der Waals surface area contributed by atoms with E-state index < -0.39 is 17.7 Å². The number of aromatic nitrogens is 1. The first kappa shape index (κ1) is 16.4. The van der Waals surface area contributed by atoms with E-state index in [1.165, 1.54) is 11.3 Å². The fourth-order valence-corrected chi connectivity index (χ4v) is 4.14. The zero-order chi connectivity index (χ0) is 18.4. The van der Waals surface area contributed by atoms with E-state index in [2.05, 4.69) is 4.99 Å². The number of carbonyl (C=O) groups excluding carboxylic acids is 3. The lowest BCUT2D eigenvalue weighted by molar-refractivity contribution is -0.118. The van der Waals surface area contributed by atoms with Crippen molar-refractivity contribution >= 4 is 39.3 Å². The van der Waals surface area contributed by atoms with Crippen molar-refractivity contribution in [3.05, 3.63) is 64.0 Å². The van der Waals surface area contributed by atoms with Gasteiger partial charge in [-0.15, -0.1) is 0 Å². The number of thiazole rings is 1. The molecule has 0 saturated carbocycles. The van der Waals surface area contributed by atoms with Crippen LogP contribution in [0.2, 0.25) is 0 Å². The first-order valence-corrected chi connectivity index (χ1v) is 8.86. The molecular weight excluding hydrogens is 350 g/mol. The Morgan fingerprint density at radius 3 is 2.38 bits per heavy atom. The predicted molar refractivity (Wildman–Crippen MR) is 97.9 cm³/mol. The molecule has 130 valence electrons. The summed E-state index contributed by atoms with van der Waals surface area (Å²) in [6, 6.07) is 12.6. The van der Waals surface area contributed by atoms with Gasteiger partial charge in [0, 0.05) is 7.05 Å². The fraction of sp³-hybridized carbons (Fsp3) is 0.158. The first-order chi connectivity index (χ1) is 12.5. The van der Waals surface area contributed by atoms with Crippen LogP contribution < -0.4 is 4.80 Å². The minimum absolute atomic E-state index is 0.327. The summed E-state index contributed by atoms with van der Waals surface area (Å²) in [6.07, 6.45) is 0. The highest BCUT2D eigenvalue weighted by atomic mass is 32.1. The van der Waals surface area contributed by atoms with Gasteiger partial charge in [0.15, 0.2) is 4.80 Å². The number of nitrogens with zero attached hydrogens (tertiary/aromatic N) is 3. The minimum Gasteiger partial charge on any atom is -0.319 e. The highest BCUT2D eigenvalue weighted by Crippen LogP contribution is 2.22. The lowest BCUT2D eigenvalue weighted by Crippen LogP contribution is -2.35. The van der Waals surface area contributed by atoms with Crippen molar-refractivity contribution in [3.63, 3.8) is 0 Å². The zero-order valence-electron chi connectivity index (χ0n) is 14.2. The van der Waals surface area contributed by atoms with Crippen LogP contribution in [0.15, 0.2) is 47.5 Å². The van der Waals surface area contributed by atoms with Crippen LogP contribution in [0.25, 0.3) is 10.2 Å². The molecule has 0 spiro atoms.